The fourth-order valence-corrected chi connectivity index (χ4v) is 3.14. The van der Waals surface area contributed by atoms with Crippen molar-refractivity contribution in [2.45, 2.75) is 13.8 Å². The Hall–Kier alpha value is -1.34. The molecule has 0 saturated carbocycles. The Morgan fingerprint density at radius 1 is 1.50 bits per heavy atom. The number of carbonyl (C=O) groups is 1. The van der Waals surface area contributed by atoms with Gasteiger partial charge in [0, 0.05) is 26.7 Å². The van der Waals surface area contributed by atoms with E-state index in [0.29, 0.717) is 40.8 Å². The highest BCUT2D eigenvalue weighted by Crippen LogP contribution is 2.29. The standard InChI is InChI=1S/C13H22N4O2S/c1-8-6-17(7-9(8)2)12(18)10-11(14)16-13(20-10)15-4-5-19-3/h8-9H,4-7,14H2,1-3H3,(H,15,16). The van der Waals surface area contributed by atoms with Gasteiger partial charge in [0.2, 0.25) is 0 Å². The zero-order valence-corrected chi connectivity index (χ0v) is 13.0. The molecule has 0 spiro atoms. The maximum absolute atomic E-state index is 12.5. The smallest absolute Gasteiger partial charge is 0.267 e. The average Bonchev–Trinajstić information content (AvgIpc) is 2.93. The first kappa shape index (κ1) is 15.1. The number of ether oxygens (including phenoxy) is 1. The van der Waals surface area contributed by atoms with Gasteiger partial charge in [-0.1, -0.05) is 25.2 Å². The molecule has 2 unspecified atom stereocenters. The van der Waals surface area contributed by atoms with Crippen LogP contribution in [0.1, 0.15) is 23.5 Å². The van der Waals surface area contributed by atoms with E-state index >= 15 is 0 Å². The van der Waals surface area contributed by atoms with Crippen LogP contribution >= 0.6 is 11.3 Å². The van der Waals surface area contributed by atoms with Gasteiger partial charge >= 0.3 is 0 Å². The van der Waals surface area contributed by atoms with Gasteiger partial charge in [-0.15, -0.1) is 0 Å². The summed E-state index contributed by atoms with van der Waals surface area (Å²) in [5, 5.41) is 3.77. The van der Waals surface area contributed by atoms with Gasteiger partial charge < -0.3 is 20.7 Å². The van der Waals surface area contributed by atoms with E-state index in [1.54, 1.807) is 7.11 Å². The second-order valence-corrected chi connectivity index (χ2v) is 6.32. The molecule has 1 aliphatic rings. The lowest BCUT2D eigenvalue weighted by Gasteiger charge is -2.14. The van der Waals surface area contributed by atoms with Crippen LogP contribution in [0.5, 0.6) is 0 Å². The van der Waals surface area contributed by atoms with Crippen LogP contribution in [0.25, 0.3) is 0 Å². The molecule has 20 heavy (non-hydrogen) atoms. The molecule has 1 aromatic heterocycles. The highest BCUT2D eigenvalue weighted by atomic mass is 32.1. The summed E-state index contributed by atoms with van der Waals surface area (Å²) in [6.07, 6.45) is 0. The largest absolute Gasteiger partial charge is 0.383 e. The fraction of sp³-hybridized carbons (Fsp3) is 0.692. The van der Waals surface area contributed by atoms with E-state index in [1.807, 2.05) is 4.90 Å². The number of methoxy groups -OCH3 is 1. The van der Waals surface area contributed by atoms with Crippen molar-refractivity contribution in [2.24, 2.45) is 11.8 Å². The lowest BCUT2D eigenvalue weighted by molar-refractivity contribution is 0.0790. The van der Waals surface area contributed by atoms with E-state index in [1.165, 1.54) is 11.3 Å². The molecule has 0 aliphatic carbocycles. The van der Waals surface area contributed by atoms with Gasteiger partial charge in [-0.25, -0.2) is 4.98 Å². The van der Waals surface area contributed by atoms with Gasteiger partial charge in [0.25, 0.3) is 5.91 Å². The zero-order chi connectivity index (χ0) is 14.7. The van der Waals surface area contributed by atoms with Gasteiger partial charge in [0.05, 0.1) is 6.61 Å². The summed E-state index contributed by atoms with van der Waals surface area (Å²) in [7, 11) is 1.64. The van der Waals surface area contributed by atoms with E-state index in [2.05, 4.69) is 24.1 Å². The molecule has 2 rings (SSSR count). The van der Waals surface area contributed by atoms with Crippen molar-refractivity contribution >= 4 is 28.2 Å². The van der Waals surface area contributed by atoms with Crippen LogP contribution in [0.3, 0.4) is 0 Å². The SMILES string of the molecule is COCCNc1nc(N)c(C(=O)N2CC(C)C(C)C2)s1. The summed E-state index contributed by atoms with van der Waals surface area (Å²) in [4.78, 5) is 19.1. The monoisotopic (exact) mass is 298 g/mol. The van der Waals surface area contributed by atoms with Gasteiger partial charge in [0.1, 0.15) is 10.7 Å². The lowest BCUT2D eigenvalue weighted by Crippen LogP contribution is -2.28. The summed E-state index contributed by atoms with van der Waals surface area (Å²) in [6.45, 7) is 7.17. The van der Waals surface area contributed by atoms with Crippen LogP contribution in [-0.4, -0.2) is 49.1 Å². The van der Waals surface area contributed by atoms with E-state index in [0.717, 1.165) is 13.1 Å². The number of nitrogens with two attached hydrogens (primary N) is 1. The first-order valence-corrected chi connectivity index (χ1v) is 7.63. The summed E-state index contributed by atoms with van der Waals surface area (Å²) in [6, 6.07) is 0. The van der Waals surface area contributed by atoms with Crippen LogP contribution in [0.4, 0.5) is 10.9 Å². The number of amides is 1. The summed E-state index contributed by atoms with van der Waals surface area (Å²) in [5.74, 6) is 1.38. The topological polar surface area (TPSA) is 80.5 Å². The molecule has 7 heteroatoms. The Morgan fingerprint density at radius 3 is 2.75 bits per heavy atom. The van der Waals surface area contributed by atoms with Crippen molar-refractivity contribution in [2.75, 3.05) is 44.4 Å². The highest BCUT2D eigenvalue weighted by Gasteiger charge is 2.31. The first-order chi connectivity index (χ1) is 9.52. The molecule has 0 radical (unpaired) electrons. The second-order valence-electron chi connectivity index (χ2n) is 5.32. The van der Waals surface area contributed by atoms with E-state index in [-0.39, 0.29) is 5.91 Å². The van der Waals surface area contributed by atoms with Gasteiger partial charge in [-0.05, 0) is 11.8 Å². The molecule has 1 amide bonds. The number of likely N-dealkylation sites (tertiary alicyclic amines) is 1. The van der Waals surface area contributed by atoms with E-state index in [9.17, 15) is 4.79 Å². The molecule has 1 saturated heterocycles. The third-order valence-electron chi connectivity index (χ3n) is 3.71. The summed E-state index contributed by atoms with van der Waals surface area (Å²) in [5.41, 5.74) is 5.86. The number of anilines is 2. The third kappa shape index (κ3) is 3.21. The number of rotatable bonds is 5. The van der Waals surface area contributed by atoms with Gasteiger partial charge in [-0.3, -0.25) is 4.79 Å². The summed E-state index contributed by atoms with van der Waals surface area (Å²) >= 11 is 1.31. The minimum Gasteiger partial charge on any atom is -0.383 e. The maximum Gasteiger partial charge on any atom is 0.267 e. The minimum atomic E-state index is -0.00371. The molecule has 2 heterocycles. The predicted octanol–water partition coefficient (Wildman–Crippen LogP) is 1.51. The Labute approximate surface area is 123 Å². The van der Waals surface area contributed by atoms with E-state index < -0.39 is 0 Å². The van der Waals surface area contributed by atoms with Crippen molar-refractivity contribution < 1.29 is 9.53 Å². The van der Waals surface area contributed by atoms with Gasteiger partial charge in [0.15, 0.2) is 5.13 Å². The number of thiazole rings is 1. The Bertz CT molecular complexity index is 467. The number of nitrogens with one attached hydrogen (secondary N) is 1. The van der Waals surface area contributed by atoms with Crippen LogP contribution in [0.2, 0.25) is 0 Å². The molecule has 1 aliphatic heterocycles. The fourth-order valence-electron chi connectivity index (χ4n) is 2.26. The number of hydrogen-bond acceptors (Lipinski definition) is 6. The number of hydrogen-bond donors (Lipinski definition) is 2. The normalized spacial score (nSPS) is 22.2. The van der Waals surface area contributed by atoms with Crippen LogP contribution in [-0.2, 0) is 4.74 Å². The number of nitrogens with zero attached hydrogens (tertiary/aromatic N) is 2. The van der Waals surface area contributed by atoms with Crippen LogP contribution in [0, 0.1) is 11.8 Å². The molecule has 1 fully saturated rings. The predicted molar refractivity (Wildman–Crippen MR) is 81.1 cm³/mol. The van der Waals surface area contributed by atoms with Crippen LogP contribution < -0.4 is 11.1 Å². The van der Waals surface area contributed by atoms with Crippen molar-refractivity contribution in [1.29, 1.82) is 0 Å². The van der Waals surface area contributed by atoms with Crippen molar-refractivity contribution in [3.8, 4) is 0 Å². The van der Waals surface area contributed by atoms with Crippen molar-refractivity contribution in [1.82, 2.24) is 9.88 Å². The number of carbonyl (C=O) groups excluding carboxylic acids is 1. The lowest BCUT2D eigenvalue weighted by atomic mass is 10.0. The van der Waals surface area contributed by atoms with Crippen molar-refractivity contribution in [3.05, 3.63) is 4.88 Å². The van der Waals surface area contributed by atoms with E-state index in [4.69, 9.17) is 10.5 Å². The molecule has 1 aromatic rings. The third-order valence-corrected chi connectivity index (χ3v) is 4.72. The highest BCUT2D eigenvalue weighted by molar-refractivity contribution is 7.18. The molecule has 3 N–H and O–H groups in total. The molecule has 0 bridgehead atoms. The van der Waals surface area contributed by atoms with Gasteiger partial charge in [-0.2, -0.15) is 0 Å². The zero-order valence-electron chi connectivity index (χ0n) is 12.2. The number of nitrogen functional groups attached to an aromatic ring is 1. The summed E-state index contributed by atoms with van der Waals surface area (Å²) < 4.78 is 4.96. The molecular formula is C13H22N4O2S. The van der Waals surface area contributed by atoms with Crippen molar-refractivity contribution in [3.63, 3.8) is 0 Å². The van der Waals surface area contributed by atoms with Crippen LogP contribution in [0.15, 0.2) is 0 Å². The average molecular weight is 298 g/mol. The molecule has 2 atom stereocenters. The number of aromatic nitrogens is 1. The second kappa shape index (κ2) is 6.41. The molecule has 6 nitrogen and oxygen atoms in total. The molecular weight excluding hydrogens is 276 g/mol. The minimum absolute atomic E-state index is 0.00371. The Kier molecular flexibility index (Phi) is 4.82. The molecule has 112 valence electrons. The maximum atomic E-state index is 12.5. The quantitative estimate of drug-likeness (QED) is 0.805. The first-order valence-electron chi connectivity index (χ1n) is 6.81. The Morgan fingerprint density at radius 2 is 2.15 bits per heavy atom. The Balaban J connectivity index is 2.03. The molecule has 0 aromatic carbocycles.